The number of nitrogens with zero attached hydrogens (tertiary/aromatic N) is 2. The van der Waals surface area contributed by atoms with Crippen molar-refractivity contribution in [1.29, 1.82) is 0 Å². The topological polar surface area (TPSA) is 46.9 Å². The van der Waals surface area contributed by atoms with Crippen LogP contribution in [-0.2, 0) is 0 Å². The lowest BCUT2D eigenvalue weighted by molar-refractivity contribution is 0.100. The van der Waals surface area contributed by atoms with Gasteiger partial charge in [0.05, 0.1) is 11.2 Å². The Morgan fingerprint density at radius 1 is 1.05 bits per heavy atom. The standard InChI is InChI=1S/C15H13N3O/c1-11-13-9-5-6-10-14(13)16-18(11)17-15(19)12-7-3-2-4-8-12/h2-10H,1H3,(H,17,19). The van der Waals surface area contributed by atoms with Gasteiger partial charge in [0.15, 0.2) is 0 Å². The first-order valence-corrected chi connectivity index (χ1v) is 6.06. The highest BCUT2D eigenvalue weighted by Gasteiger charge is 2.10. The van der Waals surface area contributed by atoms with Crippen LogP contribution in [0.4, 0.5) is 0 Å². The highest BCUT2D eigenvalue weighted by atomic mass is 16.2. The van der Waals surface area contributed by atoms with Crippen LogP contribution in [0.15, 0.2) is 54.6 Å². The molecule has 0 saturated carbocycles. The number of rotatable bonds is 2. The number of nitrogens with one attached hydrogen (secondary N) is 1. The van der Waals surface area contributed by atoms with Gasteiger partial charge in [0.1, 0.15) is 0 Å². The van der Waals surface area contributed by atoms with Crippen molar-refractivity contribution in [3.63, 3.8) is 0 Å². The lowest BCUT2D eigenvalue weighted by atomic mass is 10.2. The minimum atomic E-state index is -0.170. The Labute approximate surface area is 110 Å². The summed E-state index contributed by atoms with van der Waals surface area (Å²) in [5.41, 5.74) is 5.18. The second-order valence-corrected chi connectivity index (χ2v) is 4.32. The Kier molecular flexibility index (Phi) is 2.76. The molecule has 4 heteroatoms. The maximum atomic E-state index is 12.1. The molecule has 2 aromatic carbocycles. The van der Waals surface area contributed by atoms with Gasteiger partial charge < -0.3 is 0 Å². The summed E-state index contributed by atoms with van der Waals surface area (Å²) in [6, 6.07) is 16.9. The highest BCUT2D eigenvalue weighted by molar-refractivity contribution is 6.00. The molecular formula is C15H13N3O. The summed E-state index contributed by atoms with van der Waals surface area (Å²) in [5, 5.41) is 5.40. The van der Waals surface area contributed by atoms with E-state index in [1.165, 1.54) is 4.79 Å². The minimum Gasteiger partial charge on any atom is -0.267 e. The zero-order valence-electron chi connectivity index (χ0n) is 10.5. The summed E-state index contributed by atoms with van der Waals surface area (Å²) in [7, 11) is 0. The number of fused-ring (bicyclic) bond motifs is 1. The summed E-state index contributed by atoms with van der Waals surface area (Å²) in [5.74, 6) is -0.170. The summed E-state index contributed by atoms with van der Waals surface area (Å²) in [6.07, 6.45) is 0. The molecule has 0 fully saturated rings. The van der Waals surface area contributed by atoms with Gasteiger partial charge in [0, 0.05) is 10.9 Å². The molecule has 19 heavy (non-hydrogen) atoms. The van der Waals surface area contributed by atoms with Crippen LogP contribution in [0.1, 0.15) is 16.1 Å². The van der Waals surface area contributed by atoms with Crippen molar-refractivity contribution in [2.24, 2.45) is 0 Å². The smallest absolute Gasteiger partial charge is 0.267 e. The van der Waals surface area contributed by atoms with E-state index in [-0.39, 0.29) is 5.91 Å². The zero-order chi connectivity index (χ0) is 13.2. The average Bonchev–Trinajstić information content (AvgIpc) is 2.77. The molecule has 0 aliphatic carbocycles. The third-order valence-corrected chi connectivity index (χ3v) is 3.06. The van der Waals surface area contributed by atoms with Crippen molar-refractivity contribution in [3.05, 3.63) is 65.9 Å². The van der Waals surface area contributed by atoms with E-state index in [0.717, 1.165) is 16.6 Å². The molecule has 1 N–H and O–H groups in total. The lowest BCUT2D eigenvalue weighted by Gasteiger charge is -2.06. The molecule has 0 saturated heterocycles. The molecule has 0 spiro atoms. The third-order valence-electron chi connectivity index (χ3n) is 3.06. The average molecular weight is 251 g/mol. The molecule has 0 atom stereocenters. The van der Waals surface area contributed by atoms with Crippen molar-refractivity contribution in [1.82, 2.24) is 9.89 Å². The minimum absolute atomic E-state index is 0.170. The SMILES string of the molecule is Cc1c2ccccc2nn1NC(=O)c1ccccc1. The fourth-order valence-electron chi connectivity index (χ4n) is 2.02. The fraction of sp³-hybridized carbons (Fsp3) is 0.0667. The molecular weight excluding hydrogens is 238 g/mol. The summed E-state index contributed by atoms with van der Waals surface area (Å²) in [6.45, 7) is 1.93. The van der Waals surface area contributed by atoms with Gasteiger partial charge in [-0.3, -0.25) is 4.79 Å². The molecule has 1 amide bonds. The second-order valence-electron chi connectivity index (χ2n) is 4.32. The van der Waals surface area contributed by atoms with Gasteiger partial charge in [-0.15, -0.1) is 0 Å². The van der Waals surface area contributed by atoms with Crippen LogP contribution in [0.5, 0.6) is 0 Å². The lowest BCUT2D eigenvalue weighted by Crippen LogP contribution is -2.24. The van der Waals surface area contributed by atoms with E-state index in [1.54, 1.807) is 12.1 Å². The number of benzene rings is 2. The molecule has 4 nitrogen and oxygen atoms in total. The second kappa shape index (κ2) is 4.57. The number of aryl methyl sites for hydroxylation is 1. The first-order chi connectivity index (χ1) is 9.25. The van der Waals surface area contributed by atoms with E-state index < -0.39 is 0 Å². The highest BCUT2D eigenvalue weighted by Crippen LogP contribution is 2.16. The van der Waals surface area contributed by atoms with Gasteiger partial charge >= 0.3 is 0 Å². The largest absolute Gasteiger partial charge is 0.271 e. The number of carbonyl (C=O) groups excluding carboxylic acids is 1. The fourth-order valence-corrected chi connectivity index (χ4v) is 2.02. The molecule has 3 aromatic rings. The normalized spacial score (nSPS) is 10.6. The molecule has 0 aliphatic heterocycles. The predicted molar refractivity (Wildman–Crippen MR) is 74.6 cm³/mol. The van der Waals surface area contributed by atoms with Crippen LogP contribution in [-0.4, -0.2) is 15.8 Å². The monoisotopic (exact) mass is 251 g/mol. The number of carbonyl (C=O) groups is 1. The van der Waals surface area contributed by atoms with Crippen molar-refractivity contribution >= 4 is 16.8 Å². The van der Waals surface area contributed by atoms with Crippen LogP contribution in [0, 0.1) is 6.92 Å². The Morgan fingerprint density at radius 2 is 1.74 bits per heavy atom. The first-order valence-electron chi connectivity index (χ1n) is 6.06. The van der Waals surface area contributed by atoms with E-state index in [1.807, 2.05) is 49.4 Å². The van der Waals surface area contributed by atoms with Crippen molar-refractivity contribution in [2.75, 3.05) is 5.43 Å². The first kappa shape index (κ1) is 11.5. The van der Waals surface area contributed by atoms with Gasteiger partial charge in [-0.2, -0.15) is 9.89 Å². The van der Waals surface area contributed by atoms with E-state index in [9.17, 15) is 4.79 Å². The van der Waals surface area contributed by atoms with Crippen molar-refractivity contribution in [3.8, 4) is 0 Å². The van der Waals surface area contributed by atoms with Crippen LogP contribution in [0.3, 0.4) is 0 Å². The number of amides is 1. The number of hydrogen-bond donors (Lipinski definition) is 1. The van der Waals surface area contributed by atoms with E-state index in [2.05, 4.69) is 10.5 Å². The summed E-state index contributed by atoms with van der Waals surface area (Å²) >= 11 is 0. The van der Waals surface area contributed by atoms with E-state index in [0.29, 0.717) is 5.56 Å². The number of aromatic nitrogens is 2. The molecule has 1 heterocycles. The van der Waals surface area contributed by atoms with E-state index >= 15 is 0 Å². The summed E-state index contributed by atoms with van der Waals surface area (Å²) in [4.78, 5) is 13.6. The Bertz CT molecular complexity index is 731. The van der Waals surface area contributed by atoms with Crippen LogP contribution in [0.25, 0.3) is 10.9 Å². The third kappa shape index (κ3) is 2.08. The Balaban J connectivity index is 1.94. The van der Waals surface area contributed by atoms with Crippen LogP contribution < -0.4 is 5.43 Å². The Morgan fingerprint density at radius 3 is 2.47 bits per heavy atom. The molecule has 3 rings (SSSR count). The van der Waals surface area contributed by atoms with Crippen LogP contribution in [0.2, 0.25) is 0 Å². The van der Waals surface area contributed by atoms with Gasteiger partial charge in [-0.05, 0) is 25.1 Å². The predicted octanol–water partition coefficient (Wildman–Crippen LogP) is 2.73. The van der Waals surface area contributed by atoms with Crippen molar-refractivity contribution < 1.29 is 4.79 Å². The molecule has 0 unspecified atom stereocenters. The van der Waals surface area contributed by atoms with Gasteiger partial charge in [-0.1, -0.05) is 36.4 Å². The van der Waals surface area contributed by atoms with Gasteiger partial charge in [-0.25, -0.2) is 5.43 Å². The Hall–Kier alpha value is -2.62. The van der Waals surface area contributed by atoms with E-state index in [4.69, 9.17) is 0 Å². The van der Waals surface area contributed by atoms with Crippen molar-refractivity contribution in [2.45, 2.75) is 6.92 Å². The van der Waals surface area contributed by atoms with Gasteiger partial charge in [0.2, 0.25) is 0 Å². The molecule has 0 aliphatic rings. The molecule has 0 radical (unpaired) electrons. The van der Waals surface area contributed by atoms with Gasteiger partial charge in [0.25, 0.3) is 5.91 Å². The molecule has 1 aromatic heterocycles. The maximum Gasteiger partial charge on any atom is 0.271 e. The molecule has 94 valence electrons. The van der Waals surface area contributed by atoms with Crippen LogP contribution >= 0.6 is 0 Å². The number of hydrogen-bond acceptors (Lipinski definition) is 2. The summed E-state index contributed by atoms with van der Waals surface area (Å²) < 4.78 is 0. The molecule has 0 bridgehead atoms. The quantitative estimate of drug-likeness (QED) is 0.761. The zero-order valence-corrected chi connectivity index (χ0v) is 10.5. The maximum absolute atomic E-state index is 12.1.